The summed E-state index contributed by atoms with van der Waals surface area (Å²) >= 11 is 0. The molecule has 1 aliphatic rings. The molecule has 0 fully saturated rings. The molecule has 5 heteroatoms. The molecule has 0 unspecified atom stereocenters. The molecular formula is C20H32O5. The van der Waals surface area contributed by atoms with Crippen LogP contribution < -0.4 is 0 Å². The van der Waals surface area contributed by atoms with Crippen LogP contribution in [0.5, 0.6) is 0 Å². The first-order chi connectivity index (χ1) is 12.2. The van der Waals surface area contributed by atoms with Crippen molar-refractivity contribution in [3.63, 3.8) is 0 Å². The zero-order valence-electron chi connectivity index (χ0n) is 15.7. The summed E-state index contributed by atoms with van der Waals surface area (Å²) in [5.41, 5.74) is 0. The fraction of sp³-hybridized carbons (Fsp3) is 0.650. The van der Waals surface area contributed by atoms with E-state index < -0.39 is 11.9 Å². The van der Waals surface area contributed by atoms with Crippen LogP contribution in [-0.4, -0.2) is 32.1 Å². The van der Waals surface area contributed by atoms with E-state index in [4.69, 9.17) is 14.5 Å². The Kier molecular flexibility index (Phi) is 11.1. The highest BCUT2D eigenvalue weighted by Crippen LogP contribution is 2.28. The van der Waals surface area contributed by atoms with Crippen LogP contribution >= 0.6 is 0 Å². The van der Waals surface area contributed by atoms with Crippen molar-refractivity contribution in [2.24, 2.45) is 0 Å². The molecule has 1 heterocycles. The van der Waals surface area contributed by atoms with Gasteiger partial charge in [-0.1, -0.05) is 49.6 Å². The Balaban J connectivity index is 2.19. The highest BCUT2D eigenvalue weighted by molar-refractivity contribution is 5.70. The summed E-state index contributed by atoms with van der Waals surface area (Å²) in [6.45, 7) is 2.02. The lowest BCUT2D eigenvalue weighted by atomic mass is 10.0. The molecule has 5 nitrogen and oxygen atoms in total. The molecule has 2 atom stereocenters. The van der Waals surface area contributed by atoms with Crippen molar-refractivity contribution in [3.8, 4) is 0 Å². The standard InChI is InChI=1S/C20H32O5/c1-4-5-6-7-8-9-10-11-12-13-15-20(23-3)16-14-18(24-25-20)17-19(21)22-2/h4-7,14,16,18H,8-13,15,17H2,1-3H3/b5-4+,7-6+/t18-,20+/m1/s1. The second-order valence-electron chi connectivity index (χ2n) is 6.13. The van der Waals surface area contributed by atoms with Crippen LogP contribution in [0, 0.1) is 0 Å². The van der Waals surface area contributed by atoms with E-state index in [2.05, 4.69) is 23.0 Å². The maximum atomic E-state index is 11.3. The lowest BCUT2D eigenvalue weighted by Gasteiger charge is -2.32. The van der Waals surface area contributed by atoms with Gasteiger partial charge in [0.1, 0.15) is 6.10 Å². The third-order valence-electron chi connectivity index (χ3n) is 4.15. The Morgan fingerprint density at radius 1 is 1.16 bits per heavy atom. The van der Waals surface area contributed by atoms with Crippen LogP contribution in [0.3, 0.4) is 0 Å². The number of ether oxygens (including phenoxy) is 2. The quantitative estimate of drug-likeness (QED) is 0.168. The molecule has 0 saturated carbocycles. The Morgan fingerprint density at radius 3 is 2.56 bits per heavy atom. The predicted octanol–water partition coefficient (Wildman–Crippen LogP) is 4.64. The number of esters is 1. The molecule has 0 radical (unpaired) electrons. The molecular weight excluding hydrogens is 320 g/mol. The van der Waals surface area contributed by atoms with Gasteiger partial charge in [0.25, 0.3) is 0 Å². The molecule has 25 heavy (non-hydrogen) atoms. The highest BCUT2D eigenvalue weighted by Gasteiger charge is 2.34. The first kappa shape index (κ1) is 21.6. The molecule has 0 aromatic rings. The molecule has 142 valence electrons. The van der Waals surface area contributed by atoms with Crippen LogP contribution in [0.4, 0.5) is 0 Å². The van der Waals surface area contributed by atoms with Crippen LogP contribution in [0.25, 0.3) is 0 Å². The van der Waals surface area contributed by atoms with Crippen molar-refractivity contribution >= 4 is 5.97 Å². The number of carbonyl (C=O) groups is 1. The number of unbranched alkanes of at least 4 members (excludes halogenated alkanes) is 5. The molecule has 1 rings (SSSR count). The van der Waals surface area contributed by atoms with E-state index in [1.165, 1.54) is 26.4 Å². The lowest BCUT2D eigenvalue weighted by Crippen LogP contribution is -2.38. The normalized spacial score (nSPS) is 23.6. The minimum atomic E-state index is -0.845. The van der Waals surface area contributed by atoms with Gasteiger partial charge in [-0.05, 0) is 32.3 Å². The number of carbonyl (C=O) groups excluding carboxylic acids is 1. The van der Waals surface area contributed by atoms with Crippen LogP contribution in [0.15, 0.2) is 36.5 Å². The van der Waals surface area contributed by atoms with Crippen molar-refractivity contribution in [1.82, 2.24) is 0 Å². The van der Waals surface area contributed by atoms with Gasteiger partial charge in [-0.3, -0.25) is 4.79 Å². The summed E-state index contributed by atoms with van der Waals surface area (Å²) in [6.07, 6.45) is 19.4. The smallest absolute Gasteiger partial charge is 0.308 e. The van der Waals surface area contributed by atoms with Crippen molar-refractivity contribution in [3.05, 3.63) is 36.5 Å². The van der Waals surface area contributed by atoms with Gasteiger partial charge in [0.2, 0.25) is 5.79 Å². The van der Waals surface area contributed by atoms with E-state index in [9.17, 15) is 4.79 Å². The summed E-state index contributed by atoms with van der Waals surface area (Å²) in [5.74, 6) is -1.18. The van der Waals surface area contributed by atoms with Crippen molar-refractivity contribution < 1.29 is 24.0 Å². The molecule has 0 aromatic carbocycles. The van der Waals surface area contributed by atoms with E-state index in [0.717, 1.165) is 25.7 Å². The first-order valence-electron chi connectivity index (χ1n) is 9.09. The van der Waals surface area contributed by atoms with Gasteiger partial charge in [0.05, 0.1) is 13.5 Å². The fourth-order valence-corrected chi connectivity index (χ4v) is 2.59. The number of methoxy groups -OCH3 is 2. The number of allylic oxidation sites excluding steroid dienone is 4. The Bertz CT molecular complexity index is 455. The first-order valence-corrected chi connectivity index (χ1v) is 9.09. The summed E-state index contributed by atoms with van der Waals surface area (Å²) in [7, 11) is 2.96. The Morgan fingerprint density at radius 2 is 1.92 bits per heavy atom. The van der Waals surface area contributed by atoms with Crippen molar-refractivity contribution in [2.75, 3.05) is 14.2 Å². The van der Waals surface area contributed by atoms with Gasteiger partial charge in [0.15, 0.2) is 0 Å². The number of hydrogen-bond donors (Lipinski definition) is 0. The maximum Gasteiger partial charge on any atom is 0.308 e. The van der Waals surface area contributed by atoms with Gasteiger partial charge in [-0.2, -0.15) is 4.89 Å². The fourth-order valence-electron chi connectivity index (χ4n) is 2.59. The Hall–Kier alpha value is -1.43. The lowest BCUT2D eigenvalue weighted by molar-refractivity contribution is -0.428. The number of rotatable bonds is 12. The molecule has 0 aromatic heterocycles. The predicted molar refractivity (Wildman–Crippen MR) is 97.7 cm³/mol. The number of hydrogen-bond acceptors (Lipinski definition) is 5. The molecule has 0 N–H and O–H groups in total. The SMILES string of the molecule is C/C=C/C=C/CCCCCCC[C@@]1(OC)C=C[C@H](CC(=O)OC)OO1. The van der Waals surface area contributed by atoms with E-state index in [1.54, 1.807) is 13.2 Å². The van der Waals surface area contributed by atoms with Crippen LogP contribution in [0.2, 0.25) is 0 Å². The summed E-state index contributed by atoms with van der Waals surface area (Å²) < 4.78 is 10.1. The van der Waals surface area contributed by atoms with Gasteiger partial charge >= 0.3 is 5.97 Å². The van der Waals surface area contributed by atoms with Crippen LogP contribution in [-0.2, 0) is 24.0 Å². The summed E-state index contributed by atoms with van der Waals surface area (Å²) in [4.78, 5) is 21.9. The van der Waals surface area contributed by atoms with Gasteiger partial charge in [-0.15, -0.1) is 0 Å². The average Bonchev–Trinajstić information content (AvgIpc) is 2.64. The molecule has 0 aliphatic carbocycles. The monoisotopic (exact) mass is 352 g/mol. The minimum absolute atomic E-state index is 0.134. The molecule has 1 aliphatic heterocycles. The molecule has 0 saturated heterocycles. The van der Waals surface area contributed by atoms with E-state index in [0.29, 0.717) is 0 Å². The van der Waals surface area contributed by atoms with Crippen molar-refractivity contribution in [2.45, 2.75) is 70.2 Å². The average molecular weight is 352 g/mol. The third kappa shape index (κ3) is 9.00. The van der Waals surface area contributed by atoms with Gasteiger partial charge in [-0.25, -0.2) is 4.89 Å². The summed E-state index contributed by atoms with van der Waals surface area (Å²) in [6, 6.07) is 0. The minimum Gasteiger partial charge on any atom is -0.469 e. The van der Waals surface area contributed by atoms with E-state index in [1.807, 2.05) is 19.1 Å². The largest absolute Gasteiger partial charge is 0.469 e. The second kappa shape index (κ2) is 12.9. The molecule has 0 bridgehead atoms. The Labute approximate surface area is 151 Å². The summed E-state index contributed by atoms with van der Waals surface area (Å²) in [5, 5.41) is 0. The van der Waals surface area contributed by atoms with E-state index >= 15 is 0 Å². The van der Waals surface area contributed by atoms with Gasteiger partial charge < -0.3 is 9.47 Å². The van der Waals surface area contributed by atoms with Crippen LogP contribution in [0.1, 0.15) is 58.3 Å². The molecule has 0 amide bonds. The van der Waals surface area contributed by atoms with E-state index in [-0.39, 0.29) is 12.4 Å². The highest BCUT2D eigenvalue weighted by atomic mass is 17.2. The van der Waals surface area contributed by atoms with Gasteiger partial charge in [0, 0.05) is 13.5 Å². The van der Waals surface area contributed by atoms with Crippen molar-refractivity contribution in [1.29, 1.82) is 0 Å². The maximum absolute atomic E-state index is 11.3. The zero-order chi connectivity index (χ0) is 18.4. The topological polar surface area (TPSA) is 54.0 Å². The second-order valence-corrected chi connectivity index (χ2v) is 6.13. The zero-order valence-corrected chi connectivity index (χ0v) is 15.7. The third-order valence-corrected chi connectivity index (χ3v) is 4.15. The molecule has 0 spiro atoms.